The van der Waals surface area contributed by atoms with Gasteiger partial charge in [-0.1, -0.05) is 13.8 Å². The van der Waals surface area contributed by atoms with Gasteiger partial charge in [0.05, 0.1) is 12.5 Å². The first-order valence-electron chi connectivity index (χ1n) is 4.57. The predicted molar refractivity (Wildman–Crippen MR) is 46.8 cm³/mol. The fraction of sp³-hybridized carbons (Fsp3) is 0.889. The van der Waals surface area contributed by atoms with Crippen LogP contribution in [-0.2, 0) is 9.53 Å². The summed E-state index contributed by atoms with van der Waals surface area (Å²) < 4.78 is 5.11. The summed E-state index contributed by atoms with van der Waals surface area (Å²) in [6, 6.07) is 0. The third-order valence-electron chi connectivity index (χ3n) is 2.10. The van der Waals surface area contributed by atoms with Crippen LogP contribution in [0.1, 0.15) is 20.3 Å². The predicted octanol–water partition coefficient (Wildman–Crippen LogP) is 0.795. The number of rotatable bonds is 3. The van der Waals surface area contributed by atoms with Gasteiger partial charge in [-0.3, -0.25) is 4.79 Å². The van der Waals surface area contributed by atoms with Crippen LogP contribution in [-0.4, -0.2) is 25.7 Å². The second kappa shape index (κ2) is 4.45. The highest BCUT2D eigenvalue weighted by Crippen LogP contribution is 2.08. The zero-order valence-electron chi connectivity index (χ0n) is 7.80. The summed E-state index contributed by atoms with van der Waals surface area (Å²) in [5.74, 6) is 0.453. The molecular weight excluding hydrogens is 154 g/mol. The molecule has 3 nitrogen and oxygen atoms in total. The van der Waals surface area contributed by atoms with E-state index in [9.17, 15) is 4.79 Å². The van der Waals surface area contributed by atoms with Crippen LogP contribution in [0.2, 0.25) is 0 Å². The summed E-state index contributed by atoms with van der Waals surface area (Å²) in [5, 5.41) is 3.23. The van der Waals surface area contributed by atoms with Crippen molar-refractivity contribution in [3.8, 4) is 0 Å². The number of nitrogens with one attached hydrogen (secondary N) is 1. The van der Waals surface area contributed by atoms with Gasteiger partial charge in [-0.25, -0.2) is 0 Å². The van der Waals surface area contributed by atoms with E-state index in [1.54, 1.807) is 0 Å². The Balaban J connectivity index is 2.12. The van der Waals surface area contributed by atoms with Gasteiger partial charge >= 0.3 is 5.97 Å². The molecule has 1 unspecified atom stereocenters. The van der Waals surface area contributed by atoms with Crippen molar-refractivity contribution in [2.75, 3.05) is 19.7 Å². The van der Waals surface area contributed by atoms with E-state index in [0.29, 0.717) is 12.5 Å². The minimum atomic E-state index is -0.0816. The van der Waals surface area contributed by atoms with Crippen LogP contribution in [0.15, 0.2) is 0 Å². The van der Waals surface area contributed by atoms with Gasteiger partial charge in [0.1, 0.15) is 0 Å². The van der Waals surface area contributed by atoms with E-state index in [0.717, 1.165) is 19.5 Å². The van der Waals surface area contributed by atoms with E-state index in [2.05, 4.69) is 5.32 Å². The molecule has 1 aliphatic rings. The van der Waals surface area contributed by atoms with Gasteiger partial charge in [0, 0.05) is 12.5 Å². The smallest absolute Gasteiger partial charge is 0.308 e. The average Bonchev–Trinajstić information content (AvgIpc) is 2.51. The van der Waals surface area contributed by atoms with Gasteiger partial charge in [-0.05, 0) is 13.0 Å². The molecule has 0 bridgehead atoms. The molecule has 0 aromatic heterocycles. The zero-order valence-corrected chi connectivity index (χ0v) is 7.80. The molecule has 3 heteroatoms. The fourth-order valence-electron chi connectivity index (χ4n) is 1.22. The van der Waals surface area contributed by atoms with Crippen molar-refractivity contribution < 1.29 is 9.53 Å². The Morgan fingerprint density at radius 3 is 2.92 bits per heavy atom. The molecule has 1 N–H and O–H groups in total. The first-order chi connectivity index (χ1) is 5.70. The minimum absolute atomic E-state index is 0.000591. The zero-order chi connectivity index (χ0) is 8.97. The van der Waals surface area contributed by atoms with Crippen molar-refractivity contribution in [2.24, 2.45) is 11.8 Å². The standard InChI is InChI=1S/C9H17NO2/c1-7(2)9(11)12-6-8-3-4-10-5-8/h7-8,10H,3-6H2,1-2H3. The van der Waals surface area contributed by atoms with E-state index in [1.165, 1.54) is 0 Å². The molecule has 1 aliphatic heterocycles. The van der Waals surface area contributed by atoms with Gasteiger partial charge in [0.25, 0.3) is 0 Å². The summed E-state index contributed by atoms with van der Waals surface area (Å²) in [7, 11) is 0. The fourth-order valence-corrected chi connectivity index (χ4v) is 1.22. The second-order valence-electron chi connectivity index (χ2n) is 3.64. The van der Waals surface area contributed by atoms with Crippen LogP contribution in [0.25, 0.3) is 0 Å². The third kappa shape index (κ3) is 2.81. The van der Waals surface area contributed by atoms with Gasteiger partial charge in [-0.2, -0.15) is 0 Å². The Bertz CT molecular complexity index is 151. The molecule has 1 heterocycles. The van der Waals surface area contributed by atoms with Crippen LogP contribution in [0.4, 0.5) is 0 Å². The van der Waals surface area contributed by atoms with E-state index in [-0.39, 0.29) is 11.9 Å². The number of hydrogen-bond donors (Lipinski definition) is 1. The maximum absolute atomic E-state index is 11.1. The average molecular weight is 171 g/mol. The second-order valence-corrected chi connectivity index (χ2v) is 3.64. The SMILES string of the molecule is CC(C)C(=O)OCC1CCNC1. The molecule has 0 spiro atoms. The Labute approximate surface area is 73.5 Å². The van der Waals surface area contributed by atoms with E-state index in [1.807, 2.05) is 13.8 Å². The molecule has 0 radical (unpaired) electrons. The minimum Gasteiger partial charge on any atom is -0.465 e. The molecule has 0 aromatic rings. The molecule has 12 heavy (non-hydrogen) atoms. The Morgan fingerprint density at radius 1 is 1.67 bits per heavy atom. The first kappa shape index (κ1) is 9.52. The Morgan fingerprint density at radius 2 is 2.42 bits per heavy atom. The van der Waals surface area contributed by atoms with Crippen LogP contribution >= 0.6 is 0 Å². The molecule has 1 atom stereocenters. The van der Waals surface area contributed by atoms with Crippen molar-refractivity contribution in [2.45, 2.75) is 20.3 Å². The van der Waals surface area contributed by atoms with Crippen molar-refractivity contribution in [1.82, 2.24) is 5.32 Å². The summed E-state index contributed by atoms with van der Waals surface area (Å²) >= 11 is 0. The van der Waals surface area contributed by atoms with Crippen molar-refractivity contribution in [3.63, 3.8) is 0 Å². The normalized spacial score (nSPS) is 23.1. The number of ether oxygens (including phenoxy) is 1. The van der Waals surface area contributed by atoms with Crippen LogP contribution in [0.3, 0.4) is 0 Å². The topological polar surface area (TPSA) is 38.3 Å². The highest BCUT2D eigenvalue weighted by molar-refractivity contribution is 5.71. The molecule has 1 saturated heterocycles. The molecule has 0 amide bonds. The van der Waals surface area contributed by atoms with Crippen molar-refractivity contribution in [1.29, 1.82) is 0 Å². The monoisotopic (exact) mass is 171 g/mol. The highest BCUT2D eigenvalue weighted by atomic mass is 16.5. The summed E-state index contributed by atoms with van der Waals surface area (Å²) in [5.41, 5.74) is 0. The number of hydrogen-bond acceptors (Lipinski definition) is 3. The lowest BCUT2D eigenvalue weighted by Crippen LogP contribution is -2.19. The molecule has 0 aliphatic carbocycles. The summed E-state index contributed by atoms with van der Waals surface area (Å²) in [6.07, 6.45) is 1.13. The lowest BCUT2D eigenvalue weighted by Gasteiger charge is -2.10. The van der Waals surface area contributed by atoms with Gasteiger partial charge in [-0.15, -0.1) is 0 Å². The number of carbonyl (C=O) groups excluding carboxylic acids is 1. The molecule has 1 fully saturated rings. The first-order valence-corrected chi connectivity index (χ1v) is 4.57. The summed E-state index contributed by atoms with van der Waals surface area (Å²) in [4.78, 5) is 11.1. The Hall–Kier alpha value is -0.570. The van der Waals surface area contributed by atoms with Crippen LogP contribution in [0, 0.1) is 11.8 Å². The van der Waals surface area contributed by atoms with Crippen LogP contribution in [0.5, 0.6) is 0 Å². The number of esters is 1. The maximum atomic E-state index is 11.1. The molecule has 0 aromatic carbocycles. The van der Waals surface area contributed by atoms with E-state index in [4.69, 9.17) is 4.74 Å². The maximum Gasteiger partial charge on any atom is 0.308 e. The largest absolute Gasteiger partial charge is 0.465 e. The van der Waals surface area contributed by atoms with Gasteiger partial charge in [0.2, 0.25) is 0 Å². The quantitative estimate of drug-likeness (QED) is 0.638. The van der Waals surface area contributed by atoms with Gasteiger partial charge in [0.15, 0.2) is 0 Å². The summed E-state index contributed by atoms with van der Waals surface area (Å²) in [6.45, 7) is 6.35. The lowest BCUT2D eigenvalue weighted by molar-refractivity contribution is -0.148. The third-order valence-corrected chi connectivity index (χ3v) is 2.10. The van der Waals surface area contributed by atoms with Crippen molar-refractivity contribution >= 4 is 5.97 Å². The highest BCUT2D eigenvalue weighted by Gasteiger charge is 2.17. The molecule has 70 valence electrons. The Kier molecular flexibility index (Phi) is 3.53. The molecule has 0 saturated carbocycles. The number of carbonyl (C=O) groups is 1. The molecule has 1 rings (SSSR count). The molecular formula is C9H17NO2. The van der Waals surface area contributed by atoms with E-state index < -0.39 is 0 Å². The van der Waals surface area contributed by atoms with Crippen LogP contribution < -0.4 is 5.32 Å². The van der Waals surface area contributed by atoms with E-state index >= 15 is 0 Å². The lowest BCUT2D eigenvalue weighted by atomic mass is 10.1. The van der Waals surface area contributed by atoms with Gasteiger partial charge < -0.3 is 10.1 Å². The van der Waals surface area contributed by atoms with Crippen molar-refractivity contribution in [3.05, 3.63) is 0 Å².